The molecular weight excluding hydrogens is 1370 g/mol. The van der Waals surface area contributed by atoms with E-state index in [0.717, 1.165) is 107 Å². The van der Waals surface area contributed by atoms with Crippen molar-refractivity contribution < 1.29 is 0 Å². The van der Waals surface area contributed by atoms with Crippen LogP contribution in [0.1, 0.15) is 84.8 Å². The lowest BCUT2D eigenvalue weighted by Crippen LogP contribution is -2.62. The largest absolute Gasteiger partial charge is 0.365 e. The van der Waals surface area contributed by atoms with E-state index in [-0.39, 0.29) is 17.5 Å². The first-order valence-corrected chi connectivity index (χ1v) is 40.9. The van der Waals surface area contributed by atoms with Crippen LogP contribution in [0.2, 0.25) is 0 Å². The van der Waals surface area contributed by atoms with Crippen molar-refractivity contribution in [1.29, 1.82) is 0 Å². The van der Waals surface area contributed by atoms with Gasteiger partial charge in [0.1, 0.15) is 0 Å². The molecule has 544 valence electrons. The first-order valence-electron chi connectivity index (χ1n) is 40.9. The van der Waals surface area contributed by atoms with Crippen molar-refractivity contribution in [3.63, 3.8) is 0 Å². The molecule has 0 N–H and O–H groups in total. The number of hydrogen-bond acceptors (Lipinski definition) is 3. The van der Waals surface area contributed by atoms with Gasteiger partial charge in [0.15, 0.2) is 0 Å². The van der Waals surface area contributed by atoms with E-state index in [0.29, 0.717) is 12.1 Å². The first kappa shape index (κ1) is 67.3. The molecule has 15 aromatic carbocycles. The second kappa shape index (κ2) is 26.0. The lowest BCUT2D eigenvalue weighted by Gasteiger charge is -2.57. The Balaban J connectivity index is 0.944. The lowest BCUT2D eigenvalue weighted by molar-refractivity contribution is 0.0900. The number of benzene rings is 15. The van der Waals surface area contributed by atoms with E-state index in [1.54, 1.807) is 0 Å². The minimum absolute atomic E-state index is 0.104. The summed E-state index contributed by atoms with van der Waals surface area (Å²) in [6.45, 7) is 13.9. The molecule has 6 aliphatic rings. The number of rotatable bonds is 11. The van der Waals surface area contributed by atoms with Crippen molar-refractivity contribution in [1.82, 2.24) is 9.13 Å². The van der Waals surface area contributed by atoms with Crippen LogP contribution >= 0.6 is 0 Å². The SMILES string of the molecule is CC(C)(C)c1ccc2c(c1)c1cc(C(C)(C)C)ccc1n2-c1cc2c3c(c1)N(c1c(-c4ccccc4)cc(-c4ccccc4)cc1-c1ccccc1)c1cc(-n4c5ccccc5c5ccccc54)ccc1B3c1ccc(N3C4CC5CC(C4)CC3C5)cc1N2c1c(-c2ccccc2)cc(-c2ccccc2)cc1-c1ccccc1. The average molecular weight is 1450 g/mol. The summed E-state index contributed by atoms with van der Waals surface area (Å²) in [6, 6.07) is 132. The zero-order valence-corrected chi connectivity index (χ0v) is 65.0. The van der Waals surface area contributed by atoms with Crippen molar-refractivity contribution in [2.24, 2.45) is 11.8 Å². The predicted molar refractivity (Wildman–Crippen MR) is 479 cm³/mol. The Labute approximate surface area is 663 Å². The Morgan fingerprint density at radius 2 is 0.593 bits per heavy atom. The molecule has 5 nitrogen and oxygen atoms in total. The smallest absolute Gasteiger partial charge is 0.252 e. The van der Waals surface area contributed by atoms with Crippen molar-refractivity contribution in [2.45, 2.75) is 96.6 Å². The van der Waals surface area contributed by atoms with Crippen molar-refractivity contribution in [3.8, 4) is 78.1 Å². The zero-order valence-electron chi connectivity index (χ0n) is 65.0. The van der Waals surface area contributed by atoms with Gasteiger partial charge in [-0.25, -0.2) is 0 Å². The van der Waals surface area contributed by atoms with Gasteiger partial charge in [-0.05, 0) is 224 Å². The van der Waals surface area contributed by atoms with Gasteiger partial charge in [0.05, 0.1) is 39.1 Å². The van der Waals surface area contributed by atoms with Crippen LogP contribution in [-0.2, 0) is 10.8 Å². The van der Waals surface area contributed by atoms with Gasteiger partial charge in [-0.2, -0.15) is 0 Å². The highest BCUT2D eigenvalue weighted by molar-refractivity contribution is 7.00. The van der Waals surface area contributed by atoms with Crippen LogP contribution in [-0.4, -0.2) is 27.9 Å². The highest BCUT2D eigenvalue weighted by Gasteiger charge is 2.50. The molecule has 4 aliphatic heterocycles. The monoisotopic (exact) mass is 1450 g/mol. The fraction of sp³-hybridized carbons (Fsp3) is 0.159. The van der Waals surface area contributed by atoms with Crippen LogP contribution < -0.4 is 31.1 Å². The van der Waals surface area contributed by atoms with Gasteiger partial charge in [0.25, 0.3) is 6.71 Å². The van der Waals surface area contributed by atoms with Gasteiger partial charge in [0.2, 0.25) is 0 Å². The van der Waals surface area contributed by atoms with Crippen LogP contribution in [0.4, 0.5) is 39.8 Å². The van der Waals surface area contributed by atoms with E-state index < -0.39 is 0 Å². The molecular formula is C107H88BN5. The third kappa shape index (κ3) is 10.9. The van der Waals surface area contributed by atoms with E-state index in [1.807, 2.05) is 0 Å². The van der Waals surface area contributed by atoms with E-state index in [1.165, 1.54) is 126 Å². The first-order chi connectivity index (χ1) is 55.3. The standard InChI is InChI=1S/C107H88BN5/c1-106(2,3)78-45-51-97-91(62-78)92-63-79(107(4,5)6)46-52-98(92)111(97)84-66-101-103-102(67-84)113(105-89(74-37-21-11-22-38-74)60-77(71-31-15-8-16-32-71)61-90(105)75-39-23-12-24-40-75)100-65-81(110-95-43-27-25-41-85(95)86-42-26-28-44-96(86)110)48-50-94(100)108(103)93-49-47-80(109-82-54-68-53-69(56-82)57-83(109)55-68)64-99(93)112(101)104-87(72-33-17-9-18-34-72)58-76(70-29-13-7-14-30-70)59-88(104)73-35-19-10-20-36-73/h7-52,58-69,82-83H,53-57H2,1-6H3. The Kier molecular flexibility index (Phi) is 15.5. The van der Waals surface area contributed by atoms with Crippen LogP contribution in [0.15, 0.2) is 340 Å². The highest BCUT2D eigenvalue weighted by atomic mass is 15.2. The molecule has 0 amide bonds. The third-order valence-electron chi connectivity index (χ3n) is 26.0. The summed E-state index contributed by atoms with van der Waals surface area (Å²) in [6.07, 6.45) is 6.43. The Morgan fingerprint density at radius 1 is 0.265 bits per heavy atom. The molecule has 23 rings (SSSR count). The summed E-state index contributed by atoms with van der Waals surface area (Å²) >= 11 is 0. The third-order valence-corrected chi connectivity index (χ3v) is 26.0. The van der Waals surface area contributed by atoms with Gasteiger partial charge < -0.3 is 23.8 Å². The number of hydrogen-bond donors (Lipinski definition) is 0. The molecule has 6 heterocycles. The molecule has 0 spiro atoms. The second-order valence-electron chi connectivity index (χ2n) is 34.8. The topological polar surface area (TPSA) is 19.6 Å². The van der Waals surface area contributed by atoms with E-state index >= 15 is 0 Å². The number of anilines is 7. The molecule has 113 heavy (non-hydrogen) atoms. The van der Waals surface area contributed by atoms with E-state index in [9.17, 15) is 0 Å². The highest BCUT2D eigenvalue weighted by Crippen LogP contribution is 2.58. The molecule has 2 saturated carbocycles. The molecule has 2 aromatic heterocycles. The summed E-state index contributed by atoms with van der Waals surface area (Å²) in [5, 5.41) is 4.97. The van der Waals surface area contributed by atoms with Crippen LogP contribution in [0.5, 0.6) is 0 Å². The molecule has 17 aromatic rings. The van der Waals surface area contributed by atoms with Crippen molar-refractivity contribution in [3.05, 3.63) is 351 Å². The van der Waals surface area contributed by atoms with Crippen LogP contribution in [0.3, 0.4) is 0 Å². The summed E-state index contributed by atoms with van der Waals surface area (Å²) in [5.74, 6) is 1.59. The van der Waals surface area contributed by atoms with Gasteiger partial charge in [-0.1, -0.05) is 284 Å². The minimum Gasteiger partial charge on any atom is -0.365 e. The molecule has 0 atom stereocenters. The predicted octanol–water partition coefficient (Wildman–Crippen LogP) is 26.3. The molecule has 6 heteroatoms. The summed E-state index contributed by atoms with van der Waals surface area (Å²) < 4.78 is 5.17. The molecule has 4 bridgehead atoms. The number of nitrogens with zero attached hydrogens (tertiary/aromatic N) is 5. The Bertz CT molecular complexity index is 6370. The zero-order chi connectivity index (χ0) is 75.5. The number of aromatic nitrogens is 2. The molecule has 0 unspecified atom stereocenters. The molecule has 4 fully saturated rings. The fourth-order valence-corrected chi connectivity index (χ4v) is 20.9. The summed E-state index contributed by atoms with van der Waals surface area (Å²) in [7, 11) is 0. The van der Waals surface area contributed by atoms with Gasteiger partial charge in [-0.3, -0.25) is 0 Å². The number of para-hydroxylation sites is 2. The fourth-order valence-electron chi connectivity index (χ4n) is 20.9. The normalized spacial score (nSPS) is 16.9. The maximum absolute atomic E-state index is 2.93. The van der Waals surface area contributed by atoms with E-state index in [4.69, 9.17) is 0 Å². The average Bonchev–Trinajstić information content (AvgIpc) is 1.59. The van der Waals surface area contributed by atoms with Gasteiger partial charge in [-0.15, -0.1) is 0 Å². The lowest BCUT2D eigenvalue weighted by atomic mass is 9.33. The maximum atomic E-state index is 2.93. The van der Waals surface area contributed by atoms with Gasteiger partial charge in [0, 0.05) is 90.0 Å². The minimum atomic E-state index is -0.254. The van der Waals surface area contributed by atoms with Crippen molar-refractivity contribution in [2.75, 3.05) is 14.7 Å². The van der Waals surface area contributed by atoms with Crippen LogP contribution in [0, 0.1) is 11.8 Å². The van der Waals surface area contributed by atoms with Gasteiger partial charge >= 0.3 is 0 Å². The Morgan fingerprint density at radius 3 is 0.982 bits per heavy atom. The molecule has 2 aliphatic carbocycles. The second-order valence-corrected chi connectivity index (χ2v) is 34.8. The molecule has 0 radical (unpaired) electrons. The Hall–Kier alpha value is -12.6. The van der Waals surface area contributed by atoms with E-state index in [2.05, 4.69) is 405 Å². The summed E-state index contributed by atoms with van der Waals surface area (Å²) in [5.41, 5.74) is 35.1. The number of piperidine rings is 2. The summed E-state index contributed by atoms with van der Waals surface area (Å²) in [4.78, 5) is 8.50. The maximum Gasteiger partial charge on any atom is 0.252 e. The molecule has 2 saturated heterocycles. The van der Waals surface area contributed by atoms with Crippen LogP contribution in [0.25, 0.3) is 122 Å². The van der Waals surface area contributed by atoms with Crippen molar-refractivity contribution >= 4 is 107 Å². The quantitative estimate of drug-likeness (QED) is 0.120. The number of fused-ring (bicyclic) bond motifs is 10.